The van der Waals surface area contributed by atoms with Crippen LogP contribution in [0.4, 0.5) is 0 Å². The van der Waals surface area contributed by atoms with Crippen molar-refractivity contribution in [2.45, 2.75) is 50.9 Å². The molecular formula is C23H25N3O2. The average Bonchev–Trinajstić information content (AvgIpc) is 3.35. The molecule has 1 saturated heterocycles. The van der Waals surface area contributed by atoms with Gasteiger partial charge in [0.2, 0.25) is 5.91 Å². The van der Waals surface area contributed by atoms with E-state index in [1.165, 1.54) is 12.0 Å². The fourth-order valence-electron chi connectivity index (χ4n) is 4.91. The molecule has 0 bridgehead atoms. The number of nitrogens with zero attached hydrogens (tertiary/aromatic N) is 2. The number of ether oxygens (including phenoxy) is 1. The number of nitrogens with one attached hydrogen (secondary N) is 1. The minimum Gasteiger partial charge on any atom is -0.370 e. The molecule has 1 aliphatic carbocycles. The van der Waals surface area contributed by atoms with Gasteiger partial charge in [0.05, 0.1) is 23.2 Å². The lowest BCUT2D eigenvalue weighted by Crippen LogP contribution is -2.47. The van der Waals surface area contributed by atoms with Gasteiger partial charge in [-0.2, -0.15) is 0 Å². The zero-order chi connectivity index (χ0) is 19.1. The molecule has 1 aliphatic heterocycles. The van der Waals surface area contributed by atoms with Crippen molar-refractivity contribution in [2.75, 3.05) is 0 Å². The smallest absolute Gasteiger partial charge is 0.217 e. The van der Waals surface area contributed by atoms with E-state index in [0.29, 0.717) is 5.92 Å². The van der Waals surface area contributed by atoms with Gasteiger partial charge in [-0.3, -0.25) is 9.36 Å². The zero-order valence-corrected chi connectivity index (χ0v) is 16.0. The second kappa shape index (κ2) is 7.06. The average molecular weight is 375 g/mol. The van der Waals surface area contributed by atoms with Gasteiger partial charge in [0.1, 0.15) is 6.33 Å². The summed E-state index contributed by atoms with van der Waals surface area (Å²) in [6.45, 7) is 1.61. The molecule has 2 aliphatic rings. The number of rotatable bonds is 3. The van der Waals surface area contributed by atoms with E-state index in [9.17, 15) is 4.79 Å². The number of hydrogen-bond acceptors (Lipinski definition) is 3. The Labute approximate surface area is 164 Å². The lowest BCUT2D eigenvalue weighted by Gasteiger charge is -2.39. The Balaban J connectivity index is 1.40. The summed E-state index contributed by atoms with van der Waals surface area (Å²) in [6, 6.07) is 16.9. The van der Waals surface area contributed by atoms with Crippen molar-refractivity contribution in [1.82, 2.24) is 14.9 Å². The molecule has 0 spiro atoms. The lowest BCUT2D eigenvalue weighted by molar-refractivity contribution is -0.124. The molecule has 144 valence electrons. The minimum atomic E-state index is 0.0322. The molecule has 1 N–H and O–H groups in total. The highest BCUT2D eigenvalue weighted by molar-refractivity contribution is 5.77. The van der Waals surface area contributed by atoms with Crippen LogP contribution in [-0.4, -0.2) is 27.6 Å². The van der Waals surface area contributed by atoms with E-state index in [1.807, 2.05) is 24.5 Å². The van der Waals surface area contributed by atoms with Crippen LogP contribution in [0.3, 0.4) is 0 Å². The highest BCUT2D eigenvalue weighted by Crippen LogP contribution is 2.42. The van der Waals surface area contributed by atoms with E-state index < -0.39 is 0 Å². The van der Waals surface area contributed by atoms with E-state index >= 15 is 0 Å². The first-order valence-electron chi connectivity index (χ1n) is 10.1. The number of fused-ring (bicyclic) bond motifs is 2. The summed E-state index contributed by atoms with van der Waals surface area (Å²) >= 11 is 0. The number of para-hydroxylation sites is 2. The third kappa shape index (κ3) is 3.10. The Morgan fingerprint density at radius 3 is 2.79 bits per heavy atom. The van der Waals surface area contributed by atoms with Crippen molar-refractivity contribution in [2.24, 2.45) is 5.92 Å². The lowest BCUT2D eigenvalue weighted by atomic mass is 9.86. The molecular weight excluding hydrogens is 350 g/mol. The Kier molecular flexibility index (Phi) is 4.40. The molecule has 2 heterocycles. The Hall–Kier alpha value is -2.66. The summed E-state index contributed by atoms with van der Waals surface area (Å²) in [6.07, 6.45) is 6.43. The van der Waals surface area contributed by atoms with E-state index in [-0.39, 0.29) is 24.2 Å². The molecule has 1 aromatic heterocycles. The number of hydrogen-bond donors (Lipinski definition) is 1. The maximum atomic E-state index is 11.7. The summed E-state index contributed by atoms with van der Waals surface area (Å²) < 4.78 is 8.54. The quantitative estimate of drug-likeness (QED) is 0.748. The largest absolute Gasteiger partial charge is 0.370 e. The maximum absolute atomic E-state index is 11.7. The minimum absolute atomic E-state index is 0.0322. The molecule has 1 amide bonds. The van der Waals surface area contributed by atoms with Crippen molar-refractivity contribution in [3.8, 4) is 5.69 Å². The predicted molar refractivity (Wildman–Crippen MR) is 108 cm³/mol. The Bertz CT molecular complexity index is 995. The van der Waals surface area contributed by atoms with Crippen LogP contribution in [-0.2, 0) is 9.53 Å². The number of aromatic nitrogens is 2. The number of benzene rings is 2. The molecule has 0 unspecified atom stereocenters. The van der Waals surface area contributed by atoms with Crippen LogP contribution in [0.25, 0.3) is 16.7 Å². The summed E-state index contributed by atoms with van der Waals surface area (Å²) in [5.41, 5.74) is 4.36. The topological polar surface area (TPSA) is 56.2 Å². The molecule has 5 rings (SSSR count). The zero-order valence-electron chi connectivity index (χ0n) is 16.0. The van der Waals surface area contributed by atoms with Crippen LogP contribution in [0.15, 0.2) is 54.9 Å². The number of amides is 1. The SMILES string of the molecule is CC(=O)N[C@@H]1C[C@H](c2ccc(-n3cnc4ccccc43)cc2)O[C@@H]2CCC[C@@H]12. The van der Waals surface area contributed by atoms with Crippen LogP contribution in [0.1, 0.15) is 44.3 Å². The van der Waals surface area contributed by atoms with Gasteiger partial charge in [0.15, 0.2) is 0 Å². The van der Waals surface area contributed by atoms with Crippen molar-refractivity contribution in [3.63, 3.8) is 0 Å². The standard InChI is InChI=1S/C23H25N3O2/c1-15(27)25-20-13-23(28-22-8-4-5-18(20)22)16-9-11-17(12-10-16)26-14-24-19-6-2-3-7-21(19)26/h2-3,6-7,9-12,14,18,20,22-23H,4-5,8,13H2,1H3,(H,25,27)/t18-,20+,22+,23+/m0/s1. The van der Waals surface area contributed by atoms with Crippen LogP contribution in [0.2, 0.25) is 0 Å². The van der Waals surface area contributed by atoms with Crippen molar-refractivity contribution in [3.05, 3.63) is 60.4 Å². The fourth-order valence-corrected chi connectivity index (χ4v) is 4.91. The van der Waals surface area contributed by atoms with Crippen molar-refractivity contribution < 1.29 is 9.53 Å². The summed E-state index contributed by atoms with van der Waals surface area (Å²) in [4.78, 5) is 16.1. The first-order valence-corrected chi connectivity index (χ1v) is 10.1. The highest BCUT2D eigenvalue weighted by Gasteiger charge is 2.42. The third-order valence-electron chi connectivity index (χ3n) is 6.21. The summed E-state index contributed by atoms with van der Waals surface area (Å²) in [5, 5.41) is 3.18. The van der Waals surface area contributed by atoms with Crippen LogP contribution in [0.5, 0.6) is 0 Å². The molecule has 3 aromatic rings. The van der Waals surface area contributed by atoms with E-state index in [4.69, 9.17) is 4.74 Å². The van der Waals surface area contributed by atoms with Crippen LogP contribution < -0.4 is 5.32 Å². The first kappa shape index (κ1) is 17.4. The normalized spacial score (nSPS) is 26.9. The maximum Gasteiger partial charge on any atom is 0.217 e. The predicted octanol–water partition coefficient (Wildman–Crippen LogP) is 4.16. The van der Waals surface area contributed by atoms with Gasteiger partial charge in [-0.1, -0.05) is 30.7 Å². The van der Waals surface area contributed by atoms with Crippen molar-refractivity contribution >= 4 is 16.9 Å². The summed E-state index contributed by atoms with van der Waals surface area (Å²) in [7, 11) is 0. The molecule has 5 nitrogen and oxygen atoms in total. The number of carbonyl (C=O) groups excluding carboxylic acids is 1. The second-order valence-corrected chi connectivity index (χ2v) is 8.00. The van der Waals surface area contributed by atoms with Gasteiger partial charge in [-0.25, -0.2) is 4.98 Å². The molecule has 1 saturated carbocycles. The van der Waals surface area contributed by atoms with E-state index in [1.54, 1.807) is 6.92 Å². The highest BCUT2D eigenvalue weighted by atomic mass is 16.5. The van der Waals surface area contributed by atoms with Gasteiger partial charge in [-0.15, -0.1) is 0 Å². The van der Waals surface area contributed by atoms with Crippen LogP contribution in [0, 0.1) is 5.92 Å². The molecule has 2 aromatic carbocycles. The van der Waals surface area contributed by atoms with Crippen LogP contribution >= 0.6 is 0 Å². The van der Waals surface area contributed by atoms with E-state index in [0.717, 1.165) is 36.0 Å². The van der Waals surface area contributed by atoms with Gasteiger partial charge in [-0.05, 0) is 49.1 Å². The van der Waals surface area contributed by atoms with Gasteiger partial charge in [0.25, 0.3) is 0 Å². The number of carbonyl (C=O) groups is 1. The summed E-state index contributed by atoms with van der Waals surface area (Å²) in [5.74, 6) is 0.510. The molecule has 5 heteroatoms. The molecule has 4 atom stereocenters. The van der Waals surface area contributed by atoms with Gasteiger partial charge < -0.3 is 10.1 Å². The fraction of sp³-hybridized carbons (Fsp3) is 0.391. The monoisotopic (exact) mass is 375 g/mol. The molecule has 28 heavy (non-hydrogen) atoms. The Morgan fingerprint density at radius 2 is 1.96 bits per heavy atom. The van der Waals surface area contributed by atoms with Crippen molar-refractivity contribution in [1.29, 1.82) is 0 Å². The molecule has 0 radical (unpaired) electrons. The number of imidazole rings is 1. The van der Waals surface area contributed by atoms with Gasteiger partial charge >= 0.3 is 0 Å². The molecule has 2 fully saturated rings. The second-order valence-electron chi connectivity index (χ2n) is 8.00. The third-order valence-corrected chi connectivity index (χ3v) is 6.21. The van der Waals surface area contributed by atoms with E-state index in [2.05, 4.69) is 45.2 Å². The first-order chi connectivity index (χ1) is 13.7. The Morgan fingerprint density at radius 1 is 1.14 bits per heavy atom. The van der Waals surface area contributed by atoms with Gasteiger partial charge in [0, 0.05) is 24.6 Å².